The number of nitrogen functional groups attached to an aromatic ring is 1. The number of para-hydroxylation sites is 1. The predicted octanol–water partition coefficient (Wildman–Crippen LogP) is 2.83. The molecule has 1 amide bonds. The van der Waals surface area contributed by atoms with Crippen LogP contribution in [0.5, 0.6) is 5.75 Å². The van der Waals surface area contributed by atoms with Gasteiger partial charge in [-0.3, -0.25) is 4.79 Å². The van der Waals surface area contributed by atoms with Gasteiger partial charge in [-0.05, 0) is 36.8 Å². The van der Waals surface area contributed by atoms with Gasteiger partial charge < -0.3 is 15.8 Å². The van der Waals surface area contributed by atoms with E-state index in [9.17, 15) is 4.79 Å². The molecule has 2 rings (SSSR count). The molecule has 2 atom stereocenters. The smallest absolute Gasteiger partial charge is 0.253 e. The van der Waals surface area contributed by atoms with Gasteiger partial charge in [0.1, 0.15) is 5.75 Å². The van der Waals surface area contributed by atoms with Crippen molar-refractivity contribution in [1.82, 2.24) is 5.32 Å². The number of rotatable bonds is 4. The van der Waals surface area contributed by atoms with Crippen molar-refractivity contribution in [2.75, 3.05) is 19.4 Å². The minimum absolute atomic E-state index is 0.111. The minimum atomic E-state index is -0.111. The van der Waals surface area contributed by atoms with Gasteiger partial charge in [-0.25, -0.2) is 0 Å². The maximum atomic E-state index is 12.2. The van der Waals surface area contributed by atoms with Crippen LogP contribution < -0.4 is 15.8 Å². The lowest BCUT2D eigenvalue weighted by atomic mass is 9.82. The molecule has 0 saturated heterocycles. The standard InChI is InChI=1S/C16H24N2O2/c1-11-5-3-6-12(9-11)10-18-16(19)13-7-4-8-14(20-2)15(13)17/h4,7-8,11-12H,3,5-6,9-10,17H2,1-2H3,(H,18,19). The minimum Gasteiger partial charge on any atom is -0.495 e. The molecule has 1 aromatic carbocycles. The number of nitrogens with one attached hydrogen (secondary N) is 1. The van der Waals surface area contributed by atoms with Gasteiger partial charge in [0.05, 0.1) is 18.4 Å². The summed E-state index contributed by atoms with van der Waals surface area (Å²) in [5.74, 6) is 1.80. The second-order valence-corrected chi connectivity index (χ2v) is 5.77. The average molecular weight is 276 g/mol. The molecule has 4 nitrogen and oxygen atoms in total. The average Bonchev–Trinajstić information content (AvgIpc) is 2.45. The second-order valence-electron chi connectivity index (χ2n) is 5.77. The lowest BCUT2D eigenvalue weighted by Gasteiger charge is -2.26. The van der Waals surface area contributed by atoms with Crippen LogP contribution in [0.2, 0.25) is 0 Å². The molecule has 3 N–H and O–H groups in total. The molecule has 1 saturated carbocycles. The molecule has 1 fully saturated rings. The monoisotopic (exact) mass is 276 g/mol. The SMILES string of the molecule is COc1cccc(C(=O)NCC2CCCC(C)C2)c1N. The van der Waals surface area contributed by atoms with Gasteiger partial charge in [-0.15, -0.1) is 0 Å². The Labute approximate surface area is 120 Å². The zero-order valence-electron chi connectivity index (χ0n) is 12.3. The van der Waals surface area contributed by atoms with Crippen molar-refractivity contribution < 1.29 is 9.53 Å². The van der Waals surface area contributed by atoms with Crippen molar-refractivity contribution in [1.29, 1.82) is 0 Å². The van der Waals surface area contributed by atoms with Crippen LogP contribution in [-0.4, -0.2) is 19.6 Å². The number of methoxy groups -OCH3 is 1. The highest BCUT2D eigenvalue weighted by molar-refractivity contribution is 6.00. The van der Waals surface area contributed by atoms with Gasteiger partial charge in [0.15, 0.2) is 0 Å². The van der Waals surface area contributed by atoms with E-state index in [0.717, 1.165) is 12.5 Å². The lowest BCUT2D eigenvalue weighted by Crippen LogP contribution is -2.31. The number of carbonyl (C=O) groups excluding carboxylic acids is 1. The van der Waals surface area contributed by atoms with E-state index in [1.54, 1.807) is 25.3 Å². The lowest BCUT2D eigenvalue weighted by molar-refractivity contribution is 0.0941. The highest BCUT2D eigenvalue weighted by Crippen LogP contribution is 2.28. The van der Waals surface area contributed by atoms with Crippen LogP contribution in [0, 0.1) is 11.8 Å². The van der Waals surface area contributed by atoms with E-state index in [1.807, 2.05) is 0 Å². The molecule has 0 heterocycles. The summed E-state index contributed by atoms with van der Waals surface area (Å²) in [6.45, 7) is 3.02. The molecular formula is C16H24N2O2. The van der Waals surface area contributed by atoms with Crippen LogP contribution in [0.3, 0.4) is 0 Å². The molecule has 0 radical (unpaired) electrons. The summed E-state index contributed by atoms with van der Waals surface area (Å²) in [6, 6.07) is 5.28. The Kier molecular flexibility index (Phi) is 4.88. The molecule has 1 aliphatic carbocycles. The molecular weight excluding hydrogens is 252 g/mol. The van der Waals surface area contributed by atoms with E-state index in [-0.39, 0.29) is 5.91 Å². The Morgan fingerprint density at radius 1 is 1.45 bits per heavy atom. The van der Waals surface area contributed by atoms with Gasteiger partial charge in [-0.1, -0.05) is 25.8 Å². The molecule has 0 aromatic heterocycles. The third-order valence-electron chi connectivity index (χ3n) is 4.13. The first kappa shape index (κ1) is 14.7. The molecule has 1 aromatic rings. The van der Waals surface area contributed by atoms with E-state index < -0.39 is 0 Å². The zero-order valence-corrected chi connectivity index (χ0v) is 12.3. The summed E-state index contributed by atoms with van der Waals surface area (Å²) < 4.78 is 5.14. The largest absolute Gasteiger partial charge is 0.495 e. The maximum absolute atomic E-state index is 12.2. The van der Waals surface area contributed by atoms with Gasteiger partial charge in [-0.2, -0.15) is 0 Å². The molecule has 0 spiro atoms. The number of hydrogen-bond donors (Lipinski definition) is 2. The first-order valence-corrected chi connectivity index (χ1v) is 7.32. The highest BCUT2D eigenvalue weighted by Gasteiger charge is 2.20. The number of amides is 1. The number of hydrogen-bond acceptors (Lipinski definition) is 3. The van der Waals surface area contributed by atoms with E-state index in [2.05, 4.69) is 12.2 Å². The van der Waals surface area contributed by atoms with Gasteiger partial charge in [0, 0.05) is 6.54 Å². The number of benzene rings is 1. The fourth-order valence-electron chi connectivity index (χ4n) is 3.00. The molecule has 0 aliphatic heterocycles. The van der Waals surface area contributed by atoms with Crippen LogP contribution >= 0.6 is 0 Å². The Morgan fingerprint density at radius 3 is 2.95 bits per heavy atom. The van der Waals surface area contributed by atoms with Gasteiger partial charge in [0.2, 0.25) is 0 Å². The van der Waals surface area contributed by atoms with E-state index >= 15 is 0 Å². The van der Waals surface area contributed by atoms with E-state index in [0.29, 0.717) is 22.9 Å². The zero-order chi connectivity index (χ0) is 14.5. The first-order valence-electron chi connectivity index (χ1n) is 7.32. The number of ether oxygens (including phenoxy) is 1. The Morgan fingerprint density at radius 2 is 2.25 bits per heavy atom. The van der Waals surface area contributed by atoms with Gasteiger partial charge >= 0.3 is 0 Å². The van der Waals surface area contributed by atoms with Crippen molar-refractivity contribution in [2.24, 2.45) is 11.8 Å². The quantitative estimate of drug-likeness (QED) is 0.831. The van der Waals surface area contributed by atoms with E-state index in [4.69, 9.17) is 10.5 Å². The number of carbonyl (C=O) groups is 1. The fourth-order valence-corrected chi connectivity index (χ4v) is 3.00. The summed E-state index contributed by atoms with van der Waals surface area (Å²) in [5, 5.41) is 3.01. The molecule has 110 valence electrons. The highest BCUT2D eigenvalue weighted by atomic mass is 16.5. The van der Waals surface area contributed by atoms with Crippen molar-refractivity contribution in [2.45, 2.75) is 32.6 Å². The second kappa shape index (κ2) is 6.64. The number of anilines is 1. The summed E-state index contributed by atoms with van der Waals surface area (Å²) >= 11 is 0. The van der Waals surface area contributed by atoms with Crippen molar-refractivity contribution in [3.63, 3.8) is 0 Å². The third kappa shape index (κ3) is 3.44. The van der Waals surface area contributed by atoms with Crippen LogP contribution in [0.1, 0.15) is 43.0 Å². The summed E-state index contributed by atoms with van der Waals surface area (Å²) in [6.07, 6.45) is 4.99. The van der Waals surface area contributed by atoms with Crippen LogP contribution in [-0.2, 0) is 0 Å². The topological polar surface area (TPSA) is 64.3 Å². The van der Waals surface area contributed by atoms with E-state index in [1.165, 1.54) is 25.7 Å². The van der Waals surface area contributed by atoms with Crippen molar-refractivity contribution in [3.05, 3.63) is 23.8 Å². The van der Waals surface area contributed by atoms with Crippen molar-refractivity contribution in [3.8, 4) is 5.75 Å². The van der Waals surface area contributed by atoms with Crippen LogP contribution in [0.25, 0.3) is 0 Å². The normalized spacial score (nSPS) is 22.3. The molecule has 4 heteroatoms. The first-order chi connectivity index (χ1) is 9.61. The predicted molar refractivity (Wildman–Crippen MR) is 80.9 cm³/mol. The van der Waals surface area contributed by atoms with Crippen molar-refractivity contribution >= 4 is 11.6 Å². The molecule has 2 unspecified atom stereocenters. The summed E-state index contributed by atoms with van der Waals surface area (Å²) in [5.41, 5.74) is 6.84. The Balaban J connectivity index is 1.95. The molecule has 1 aliphatic rings. The summed E-state index contributed by atoms with van der Waals surface area (Å²) in [4.78, 5) is 12.2. The number of nitrogens with two attached hydrogens (primary N) is 1. The summed E-state index contributed by atoms with van der Waals surface area (Å²) in [7, 11) is 1.55. The third-order valence-corrected chi connectivity index (χ3v) is 4.13. The molecule has 0 bridgehead atoms. The Hall–Kier alpha value is -1.71. The van der Waals surface area contributed by atoms with Gasteiger partial charge in [0.25, 0.3) is 5.91 Å². The Bertz CT molecular complexity index is 474. The molecule has 20 heavy (non-hydrogen) atoms. The fraction of sp³-hybridized carbons (Fsp3) is 0.562. The maximum Gasteiger partial charge on any atom is 0.253 e. The van der Waals surface area contributed by atoms with Crippen LogP contribution in [0.15, 0.2) is 18.2 Å². The van der Waals surface area contributed by atoms with Crippen LogP contribution in [0.4, 0.5) is 5.69 Å².